The SMILES string of the molecule is CCC(CC)NC(=O)COC(=O)CN1C(=O)CSc2ccccc21. The zero-order chi connectivity index (χ0) is 17.5. The van der Waals surface area contributed by atoms with Gasteiger partial charge in [-0.15, -0.1) is 11.8 Å². The highest BCUT2D eigenvalue weighted by molar-refractivity contribution is 8.00. The molecular formula is C17H22N2O4S. The summed E-state index contributed by atoms with van der Waals surface area (Å²) in [4.78, 5) is 38.2. The number of hydrogen-bond acceptors (Lipinski definition) is 5. The second-order valence-electron chi connectivity index (χ2n) is 5.48. The summed E-state index contributed by atoms with van der Waals surface area (Å²) in [5.74, 6) is -0.765. The molecule has 1 aromatic carbocycles. The van der Waals surface area contributed by atoms with Crippen molar-refractivity contribution in [1.29, 1.82) is 0 Å². The third-order valence-electron chi connectivity index (χ3n) is 3.81. The number of thioether (sulfide) groups is 1. The van der Waals surface area contributed by atoms with E-state index in [9.17, 15) is 14.4 Å². The van der Waals surface area contributed by atoms with Crippen molar-refractivity contribution in [3.05, 3.63) is 24.3 Å². The lowest BCUT2D eigenvalue weighted by Gasteiger charge is -2.27. The molecule has 1 heterocycles. The summed E-state index contributed by atoms with van der Waals surface area (Å²) < 4.78 is 5.01. The average molecular weight is 350 g/mol. The van der Waals surface area contributed by atoms with E-state index in [0.717, 1.165) is 17.7 Å². The monoisotopic (exact) mass is 350 g/mol. The third-order valence-corrected chi connectivity index (χ3v) is 4.86. The largest absolute Gasteiger partial charge is 0.454 e. The van der Waals surface area contributed by atoms with Gasteiger partial charge in [0, 0.05) is 10.9 Å². The van der Waals surface area contributed by atoms with Crippen LogP contribution in [-0.4, -0.2) is 42.7 Å². The minimum atomic E-state index is -0.593. The Morgan fingerprint density at radius 1 is 1.29 bits per heavy atom. The van der Waals surface area contributed by atoms with Crippen LogP contribution < -0.4 is 10.2 Å². The summed E-state index contributed by atoms with van der Waals surface area (Å²) >= 11 is 1.45. The molecule has 2 amide bonds. The number of carbonyl (C=O) groups excluding carboxylic acids is 3. The van der Waals surface area contributed by atoms with E-state index < -0.39 is 5.97 Å². The van der Waals surface area contributed by atoms with Gasteiger partial charge in [0.05, 0.1) is 11.4 Å². The molecule has 1 aromatic rings. The fourth-order valence-corrected chi connectivity index (χ4v) is 3.35. The highest BCUT2D eigenvalue weighted by atomic mass is 32.2. The van der Waals surface area contributed by atoms with Crippen LogP contribution in [-0.2, 0) is 19.1 Å². The van der Waals surface area contributed by atoms with E-state index in [1.807, 2.05) is 32.0 Å². The zero-order valence-electron chi connectivity index (χ0n) is 13.9. The Balaban J connectivity index is 1.88. The standard InChI is InChI=1S/C17H22N2O4S/c1-3-12(4-2)18-15(20)10-23-17(22)9-19-13-7-5-6-8-14(13)24-11-16(19)21/h5-8,12H,3-4,9-11H2,1-2H3,(H,18,20). The van der Waals surface area contributed by atoms with Gasteiger partial charge in [0.25, 0.3) is 5.91 Å². The number of anilines is 1. The van der Waals surface area contributed by atoms with E-state index in [2.05, 4.69) is 5.32 Å². The van der Waals surface area contributed by atoms with Crippen LogP contribution in [0.15, 0.2) is 29.2 Å². The fraction of sp³-hybridized carbons (Fsp3) is 0.471. The highest BCUT2D eigenvalue weighted by Gasteiger charge is 2.26. The van der Waals surface area contributed by atoms with Gasteiger partial charge in [0.1, 0.15) is 6.54 Å². The van der Waals surface area contributed by atoms with E-state index in [1.165, 1.54) is 16.7 Å². The lowest BCUT2D eigenvalue weighted by atomic mass is 10.2. The smallest absolute Gasteiger partial charge is 0.326 e. The van der Waals surface area contributed by atoms with Gasteiger partial charge in [-0.05, 0) is 25.0 Å². The molecule has 0 unspecified atom stereocenters. The maximum Gasteiger partial charge on any atom is 0.326 e. The minimum Gasteiger partial charge on any atom is -0.454 e. The van der Waals surface area contributed by atoms with E-state index in [4.69, 9.17) is 4.74 Å². The lowest BCUT2D eigenvalue weighted by molar-refractivity contribution is -0.147. The fourth-order valence-electron chi connectivity index (χ4n) is 2.41. The van der Waals surface area contributed by atoms with Gasteiger partial charge in [-0.2, -0.15) is 0 Å². The summed E-state index contributed by atoms with van der Waals surface area (Å²) in [5, 5.41) is 2.80. The van der Waals surface area contributed by atoms with Crippen LogP contribution in [0, 0.1) is 0 Å². The first-order chi connectivity index (χ1) is 11.5. The molecule has 0 bridgehead atoms. The Kier molecular flexibility index (Phi) is 6.66. The Hall–Kier alpha value is -2.02. The number of rotatable bonds is 7. The number of ether oxygens (including phenoxy) is 1. The molecule has 0 radical (unpaired) electrons. The lowest BCUT2D eigenvalue weighted by Crippen LogP contribution is -2.41. The topological polar surface area (TPSA) is 75.7 Å². The second kappa shape index (κ2) is 8.73. The number of fused-ring (bicyclic) bond motifs is 1. The van der Waals surface area contributed by atoms with E-state index in [-0.39, 0.29) is 31.0 Å². The van der Waals surface area contributed by atoms with Gasteiger partial charge in [0.15, 0.2) is 6.61 Å². The first kappa shape index (κ1) is 18.3. The highest BCUT2D eigenvalue weighted by Crippen LogP contribution is 2.34. The molecule has 0 aromatic heterocycles. The number of nitrogens with zero attached hydrogens (tertiary/aromatic N) is 1. The summed E-state index contributed by atoms with van der Waals surface area (Å²) in [6.45, 7) is 3.46. The van der Waals surface area contributed by atoms with Gasteiger partial charge >= 0.3 is 5.97 Å². The third kappa shape index (κ3) is 4.74. The molecule has 1 N–H and O–H groups in total. The molecular weight excluding hydrogens is 328 g/mol. The van der Waals surface area contributed by atoms with Crippen molar-refractivity contribution in [3.63, 3.8) is 0 Å². The predicted molar refractivity (Wildman–Crippen MR) is 93.0 cm³/mol. The van der Waals surface area contributed by atoms with Crippen molar-refractivity contribution < 1.29 is 19.1 Å². The molecule has 24 heavy (non-hydrogen) atoms. The first-order valence-corrected chi connectivity index (χ1v) is 9.00. The molecule has 0 aliphatic carbocycles. The minimum absolute atomic E-state index is 0.0868. The number of amides is 2. The van der Waals surface area contributed by atoms with Crippen molar-refractivity contribution in [2.75, 3.05) is 23.8 Å². The summed E-state index contributed by atoms with van der Waals surface area (Å²) in [6, 6.07) is 7.50. The average Bonchev–Trinajstić information content (AvgIpc) is 2.60. The molecule has 0 fully saturated rings. The van der Waals surface area contributed by atoms with Crippen LogP contribution >= 0.6 is 11.8 Å². The van der Waals surface area contributed by atoms with Crippen molar-refractivity contribution >= 4 is 35.2 Å². The molecule has 0 saturated carbocycles. The number of esters is 1. The van der Waals surface area contributed by atoms with Crippen LogP contribution in [0.25, 0.3) is 0 Å². The second-order valence-corrected chi connectivity index (χ2v) is 6.50. The predicted octanol–water partition coefficient (Wildman–Crippen LogP) is 1.97. The number of hydrogen-bond donors (Lipinski definition) is 1. The molecule has 0 spiro atoms. The number of carbonyl (C=O) groups is 3. The van der Waals surface area contributed by atoms with E-state index in [0.29, 0.717) is 11.4 Å². The molecule has 1 aliphatic heterocycles. The van der Waals surface area contributed by atoms with Gasteiger partial charge in [-0.1, -0.05) is 26.0 Å². The molecule has 1 aliphatic rings. The van der Waals surface area contributed by atoms with Crippen LogP contribution in [0.3, 0.4) is 0 Å². The van der Waals surface area contributed by atoms with Gasteiger partial charge in [-0.3, -0.25) is 19.3 Å². The summed E-state index contributed by atoms with van der Waals surface area (Å²) in [6.07, 6.45) is 1.65. The van der Waals surface area contributed by atoms with Gasteiger partial charge in [-0.25, -0.2) is 0 Å². The normalized spacial score (nSPS) is 13.6. The Labute approximate surface area is 145 Å². The molecule has 6 nitrogen and oxygen atoms in total. The van der Waals surface area contributed by atoms with Crippen molar-refractivity contribution in [2.45, 2.75) is 37.6 Å². The number of benzene rings is 1. The molecule has 130 valence electrons. The molecule has 7 heteroatoms. The molecule has 0 atom stereocenters. The summed E-state index contributed by atoms with van der Waals surface area (Å²) in [7, 11) is 0. The quantitative estimate of drug-likeness (QED) is 0.761. The number of para-hydroxylation sites is 1. The Morgan fingerprint density at radius 2 is 2.00 bits per heavy atom. The maximum atomic E-state index is 12.1. The number of nitrogens with one attached hydrogen (secondary N) is 1. The summed E-state index contributed by atoms with van der Waals surface area (Å²) in [5.41, 5.74) is 0.706. The van der Waals surface area contributed by atoms with Gasteiger partial charge < -0.3 is 10.1 Å². The molecule has 0 saturated heterocycles. The van der Waals surface area contributed by atoms with E-state index >= 15 is 0 Å². The van der Waals surface area contributed by atoms with Crippen LogP contribution in [0.2, 0.25) is 0 Å². The van der Waals surface area contributed by atoms with Crippen molar-refractivity contribution in [3.8, 4) is 0 Å². The van der Waals surface area contributed by atoms with Crippen LogP contribution in [0.5, 0.6) is 0 Å². The van der Waals surface area contributed by atoms with Crippen LogP contribution in [0.4, 0.5) is 5.69 Å². The zero-order valence-corrected chi connectivity index (χ0v) is 14.7. The van der Waals surface area contributed by atoms with Crippen LogP contribution in [0.1, 0.15) is 26.7 Å². The van der Waals surface area contributed by atoms with Crippen molar-refractivity contribution in [2.24, 2.45) is 0 Å². The Bertz CT molecular complexity index is 616. The van der Waals surface area contributed by atoms with Crippen molar-refractivity contribution in [1.82, 2.24) is 5.32 Å². The Morgan fingerprint density at radius 3 is 2.71 bits per heavy atom. The van der Waals surface area contributed by atoms with E-state index in [1.54, 1.807) is 6.07 Å². The molecule has 2 rings (SSSR count). The van der Waals surface area contributed by atoms with Gasteiger partial charge in [0.2, 0.25) is 5.91 Å². The first-order valence-electron chi connectivity index (χ1n) is 8.02. The maximum absolute atomic E-state index is 12.1.